The minimum atomic E-state index is 0.0219. The van der Waals surface area contributed by atoms with Crippen LogP contribution < -0.4 is 4.74 Å². The smallest absolute Gasteiger partial charge is 0.316 e. The molecule has 1 unspecified atom stereocenters. The Morgan fingerprint density at radius 2 is 1.86 bits per heavy atom. The Morgan fingerprint density at radius 3 is 2.62 bits per heavy atom. The van der Waals surface area contributed by atoms with Crippen molar-refractivity contribution in [3.63, 3.8) is 0 Å². The SMILES string of the molecule is O=C(C1CCCCC1)N1CCCC(Oc2ncccn2)C1. The number of carbonyl (C=O) groups is 1. The fourth-order valence-corrected chi connectivity index (χ4v) is 3.34. The van der Waals surface area contributed by atoms with Crippen molar-refractivity contribution in [2.24, 2.45) is 5.92 Å². The van der Waals surface area contributed by atoms with E-state index in [1.165, 1.54) is 19.3 Å². The number of nitrogens with zero attached hydrogens (tertiary/aromatic N) is 3. The summed E-state index contributed by atoms with van der Waals surface area (Å²) in [6, 6.07) is 2.18. The monoisotopic (exact) mass is 289 g/mol. The van der Waals surface area contributed by atoms with Crippen molar-refractivity contribution in [2.75, 3.05) is 13.1 Å². The lowest BCUT2D eigenvalue weighted by molar-refractivity contribution is -0.139. The van der Waals surface area contributed by atoms with Crippen LogP contribution in [-0.4, -0.2) is 40.0 Å². The van der Waals surface area contributed by atoms with Crippen LogP contribution >= 0.6 is 0 Å². The summed E-state index contributed by atoms with van der Waals surface area (Å²) < 4.78 is 5.81. The summed E-state index contributed by atoms with van der Waals surface area (Å²) in [5.74, 6) is 0.572. The molecule has 1 aromatic rings. The first-order valence-electron chi connectivity index (χ1n) is 8.05. The van der Waals surface area contributed by atoms with E-state index in [4.69, 9.17) is 4.74 Å². The largest absolute Gasteiger partial charge is 0.458 e. The number of hydrogen-bond acceptors (Lipinski definition) is 4. The number of aromatic nitrogens is 2. The molecule has 3 rings (SSSR count). The van der Waals surface area contributed by atoms with Crippen molar-refractivity contribution in [1.82, 2.24) is 14.9 Å². The summed E-state index contributed by atoms with van der Waals surface area (Å²) in [7, 11) is 0. The van der Waals surface area contributed by atoms with Crippen molar-refractivity contribution < 1.29 is 9.53 Å². The van der Waals surface area contributed by atoms with E-state index in [-0.39, 0.29) is 12.0 Å². The van der Waals surface area contributed by atoms with Gasteiger partial charge in [-0.1, -0.05) is 19.3 Å². The number of hydrogen-bond donors (Lipinski definition) is 0. The van der Waals surface area contributed by atoms with E-state index in [0.29, 0.717) is 18.5 Å². The Morgan fingerprint density at radius 1 is 1.10 bits per heavy atom. The second-order valence-corrected chi connectivity index (χ2v) is 6.03. The van der Waals surface area contributed by atoms with Crippen LogP contribution in [0.15, 0.2) is 18.5 Å². The molecule has 0 aromatic carbocycles. The van der Waals surface area contributed by atoms with Crippen LogP contribution in [0, 0.1) is 5.92 Å². The lowest BCUT2D eigenvalue weighted by Gasteiger charge is -2.35. The second kappa shape index (κ2) is 6.87. The number of carbonyl (C=O) groups excluding carboxylic acids is 1. The Bertz CT molecular complexity index is 460. The molecular weight excluding hydrogens is 266 g/mol. The van der Waals surface area contributed by atoms with Gasteiger partial charge >= 0.3 is 6.01 Å². The molecule has 2 aliphatic rings. The van der Waals surface area contributed by atoms with E-state index in [1.807, 2.05) is 4.90 Å². The first-order valence-corrected chi connectivity index (χ1v) is 8.05. The molecular formula is C16H23N3O2. The van der Waals surface area contributed by atoms with Gasteiger partial charge in [-0.2, -0.15) is 0 Å². The van der Waals surface area contributed by atoms with Crippen LogP contribution in [0.1, 0.15) is 44.9 Å². The van der Waals surface area contributed by atoms with Crippen LogP contribution in [0.5, 0.6) is 6.01 Å². The maximum atomic E-state index is 12.6. The van der Waals surface area contributed by atoms with E-state index in [2.05, 4.69) is 9.97 Å². The fourth-order valence-electron chi connectivity index (χ4n) is 3.34. The van der Waals surface area contributed by atoms with Crippen molar-refractivity contribution >= 4 is 5.91 Å². The predicted octanol–water partition coefficient (Wildman–Crippen LogP) is 2.43. The molecule has 0 bridgehead atoms. The molecule has 2 fully saturated rings. The third-order valence-electron chi connectivity index (χ3n) is 4.46. The third kappa shape index (κ3) is 3.71. The average molecular weight is 289 g/mol. The first kappa shape index (κ1) is 14.3. The predicted molar refractivity (Wildman–Crippen MR) is 78.8 cm³/mol. The van der Waals surface area contributed by atoms with E-state index < -0.39 is 0 Å². The summed E-state index contributed by atoms with van der Waals surface area (Å²) in [6.45, 7) is 1.54. The minimum absolute atomic E-state index is 0.0219. The lowest BCUT2D eigenvalue weighted by atomic mass is 9.88. The zero-order valence-electron chi connectivity index (χ0n) is 12.4. The Kier molecular flexibility index (Phi) is 4.68. The molecule has 5 nitrogen and oxygen atoms in total. The molecule has 5 heteroatoms. The summed E-state index contributed by atoms with van der Waals surface area (Å²) in [4.78, 5) is 22.8. The Hall–Kier alpha value is -1.65. The van der Waals surface area contributed by atoms with Crippen molar-refractivity contribution in [3.8, 4) is 6.01 Å². The molecule has 1 aliphatic heterocycles. The summed E-state index contributed by atoms with van der Waals surface area (Å²) in [5.41, 5.74) is 0. The van der Waals surface area contributed by atoms with Crippen molar-refractivity contribution in [2.45, 2.75) is 51.0 Å². The number of likely N-dealkylation sites (tertiary alicyclic amines) is 1. The van der Waals surface area contributed by atoms with Gasteiger partial charge in [0.25, 0.3) is 0 Å². The van der Waals surface area contributed by atoms with Gasteiger partial charge in [-0.15, -0.1) is 0 Å². The first-order chi connectivity index (χ1) is 10.3. The van der Waals surface area contributed by atoms with Gasteiger partial charge in [-0.05, 0) is 31.7 Å². The van der Waals surface area contributed by atoms with E-state index >= 15 is 0 Å². The average Bonchev–Trinajstić information content (AvgIpc) is 2.56. The molecule has 0 spiro atoms. The van der Waals surface area contributed by atoms with Gasteiger partial charge in [0.2, 0.25) is 5.91 Å². The molecule has 114 valence electrons. The zero-order chi connectivity index (χ0) is 14.5. The molecule has 1 aromatic heterocycles. The van der Waals surface area contributed by atoms with Gasteiger partial charge < -0.3 is 9.64 Å². The van der Waals surface area contributed by atoms with Gasteiger partial charge in [0.15, 0.2) is 0 Å². The highest BCUT2D eigenvalue weighted by Gasteiger charge is 2.30. The highest BCUT2D eigenvalue weighted by molar-refractivity contribution is 5.79. The van der Waals surface area contributed by atoms with E-state index in [0.717, 1.165) is 32.2 Å². The summed E-state index contributed by atoms with van der Waals surface area (Å²) >= 11 is 0. The van der Waals surface area contributed by atoms with Crippen LogP contribution in [0.25, 0.3) is 0 Å². The lowest BCUT2D eigenvalue weighted by Crippen LogP contribution is -2.47. The summed E-state index contributed by atoms with van der Waals surface area (Å²) in [6.07, 6.45) is 11.1. The molecule has 1 aliphatic carbocycles. The molecule has 1 atom stereocenters. The maximum absolute atomic E-state index is 12.6. The Balaban J connectivity index is 1.56. The fraction of sp³-hybridized carbons (Fsp3) is 0.688. The highest BCUT2D eigenvalue weighted by Crippen LogP contribution is 2.27. The second-order valence-electron chi connectivity index (χ2n) is 6.03. The van der Waals surface area contributed by atoms with Crippen LogP contribution in [-0.2, 0) is 4.79 Å². The third-order valence-corrected chi connectivity index (χ3v) is 4.46. The van der Waals surface area contributed by atoms with Crippen LogP contribution in [0.3, 0.4) is 0 Å². The quantitative estimate of drug-likeness (QED) is 0.857. The molecule has 1 amide bonds. The topological polar surface area (TPSA) is 55.3 Å². The van der Waals surface area contributed by atoms with Gasteiger partial charge in [-0.3, -0.25) is 4.79 Å². The number of piperidine rings is 1. The van der Waals surface area contributed by atoms with Crippen LogP contribution in [0.2, 0.25) is 0 Å². The molecule has 21 heavy (non-hydrogen) atoms. The number of ether oxygens (including phenoxy) is 1. The highest BCUT2D eigenvalue weighted by atomic mass is 16.5. The molecule has 1 saturated carbocycles. The molecule has 1 saturated heterocycles. The van der Waals surface area contributed by atoms with Crippen LogP contribution in [0.4, 0.5) is 0 Å². The van der Waals surface area contributed by atoms with E-state index in [9.17, 15) is 4.79 Å². The van der Waals surface area contributed by atoms with Gasteiger partial charge in [0.1, 0.15) is 6.10 Å². The number of amides is 1. The molecule has 2 heterocycles. The van der Waals surface area contributed by atoms with Gasteiger partial charge in [0, 0.05) is 24.9 Å². The van der Waals surface area contributed by atoms with Crippen molar-refractivity contribution in [3.05, 3.63) is 18.5 Å². The van der Waals surface area contributed by atoms with Crippen molar-refractivity contribution in [1.29, 1.82) is 0 Å². The molecule has 0 N–H and O–H groups in total. The molecule has 0 radical (unpaired) electrons. The van der Waals surface area contributed by atoms with E-state index in [1.54, 1.807) is 18.5 Å². The summed E-state index contributed by atoms with van der Waals surface area (Å²) in [5, 5.41) is 0. The van der Waals surface area contributed by atoms with Gasteiger partial charge in [-0.25, -0.2) is 9.97 Å². The number of rotatable bonds is 3. The maximum Gasteiger partial charge on any atom is 0.316 e. The zero-order valence-corrected chi connectivity index (χ0v) is 12.4. The normalized spacial score (nSPS) is 23.8. The minimum Gasteiger partial charge on any atom is -0.458 e. The standard InChI is InChI=1S/C16H23N3O2/c20-15(13-6-2-1-3-7-13)19-11-4-8-14(12-19)21-16-17-9-5-10-18-16/h5,9-10,13-14H,1-4,6-8,11-12H2. The Labute approximate surface area is 125 Å². The van der Waals surface area contributed by atoms with Gasteiger partial charge in [0.05, 0.1) is 6.54 Å².